The zero-order valence-corrected chi connectivity index (χ0v) is 13.2. The van der Waals surface area contributed by atoms with Gasteiger partial charge in [0.2, 0.25) is 5.69 Å². The maximum absolute atomic E-state index is 11.9. The average molecular weight is 344 g/mol. The number of rotatable bonds is 4. The van der Waals surface area contributed by atoms with Gasteiger partial charge in [0.1, 0.15) is 0 Å². The molecule has 116 valence electrons. The maximum Gasteiger partial charge on any atom is 0.361 e. The predicted octanol–water partition coefficient (Wildman–Crippen LogP) is 2.21. The standard InChI is InChI=1S/C13H11Cl2N3O4/c1-21-12(19)10-11(13(20)22-2)18(17-16-10)6-7-8(14)4-3-5-9(7)15/h3-5H,6H2,1-2H3. The van der Waals surface area contributed by atoms with E-state index in [0.29, 0.717) is 15.6 Å². The molecule has 0 unspecified atom stereocenters. The summed E-state index contributed by atoms with van der Waals surface area (Å²) in [4.78, 5) is 23.6. The summed E-state index contributed by atoms with van der Waals surface area (Å²) in [6.07, 6.45) is 0. The van der Waals surface area contributed by atoms with Gasteiger partial charge in [-0.1, -0.05) is 34.5 Å². The van der Waals surface area contributed by atoms with Crippen molar-refractivity contribution in [2.24, 2.45) is 0 Å². The van der Waals surface area contributed by atoms with Gasteiger partial charge in [-0.15, -0.1) is 5.10 Å². The fourth-order valence-corrected chi connectivity index (χ4v) is 2.31. The normalized spacial score (nSPS) is 10.4. The van der Waals surface area contributed by atoms with E-state index in [2.05, 4.69) is 19.8 Å². The van der Waals surface area contributed by atoms with Crippen LogP contribution in [0.2, 0.25) is 10.0 Å². The molecule has 0 aliphatic rings. The Balaban J connectivity index is 2.50. The Kier molecular flexibility index (Phi) is 4.99. The van der Waals surface area contributed by atoms with Crippen LogP contribution in [0.3, 0.4) is 0 Å². The second-order valence-corrected chi connectivity index (χ2v) is 4.94. The van der Waals surface area contributed by atoms with Gasteiger partial charge in [0.15, 0.2) is 5.69 Å². The van der Waals surface area contributed by atoms with Gasteiger partial charge in [-0.25, -0.2) is 14.3 Å². The Morgan fingerprint density at radius 3 is 2.27 bits per heavy atom. The van der Waals surface area contributed by atoms with Crippen LogP contribution in [0, 0.1) is 0 Å². The van der Waals surface area contributed by atoms with E-state index in [1.54, 1.807) is 18.2 Å². The minimum absolute atomic E-state index is 0.0485. The number of hydrogen-bond acceptors (Lipinski definition) is 6. The van der Waals surface area contributed by atoms with Crippen molar-refractivity contribution in [3.05, 3.63) is 45.2 Å². The molecule has 2 rings (SSSR count). The largest absolute Gasteiger partial charge is 0.464 e. The molecule has 0 amide bonds. The van der Waals surface area contributed by atoms with Crippen molar-refractivity contribution >= 4 is 35.1 Å². The molecule has 0 bridgehead atoms. The molecule has 1 aromatic carbocycles. The van der Waals surface area contributed by atoms with Crippen molar-refractivity contribution in [2.75, 3.05) is 14.2 Å². The molecule has 1 heterocycles. The van der Waals surface area contributed by atoms with E-state index in [9.17, 15) is 9.59 Å². The van der Waals surface area contributed by atoms with Crippen LogP contribution >= 0.6 is 23.2 Å². The fourth-order valence-electron chi connectivity index (χ4n) is 1.79. The smallest absolute Gasteiger partial charge is 0.361 e. The van der Waals surface area contributed by atoms with Gasteiger partial charge in [-0.05, 0) is 12.1 Å². The molecule has 0 aliphatic heterocycles. The lowest BCUT2D eigenvalue weighted by Gasteiger charge is -2.09. The lowest BCUT2D eigenvalue weighted by Crippen LogP contribution is -2.17. The van der Waals surface area contributed by atoms with E-state index >= 15 is 0 Å². The highest BCUT2D eigenvalue weighted by Gasteiger charge is 2.27. The van der Waals surface area contributed by atoms with Gasteiger partial charge >= 0.3 is 11.9 Å². The van der Waals surface area contributed by atoms with Gasteiger partial charge in [0.05, 0.1) is 20.8 Å². The number of ether oxygens (including phenoxy) is 2. The lowest BCUT2D eigenvalue weighted by molar-refractivity contribution is 0.0544. The Labute approximate surface area is 135 Å². The first-order valence-corrected chi connectivity index (χ1v) is 6.78. The first kappa shape index (κ1) is 16.3. The third-order valence-electron chi connectivity index (χ3n) is 2.86. The zero-order valence-electron chi connectivity index (χ0n) is 11.7. The Hall–Kier alpha value is -2.12. The number of carbonyl (C=O) groups excluding carboxylic acids is 2. The Morgan fingerprint density at radius 2 is 1.73 bits per heavy atom. The zero-order chi connectivity index (χ0) is 16.3. The van der Waals surface area contributed by atoms with E-state index in [4.69, 9.17) is 23.2 Å². The summed E-state index contributed by atoms with van der Waals surface area (Å²) >= 11 is 12.2. The van der Waals surface area contributed by atoms with Gasteiger partial charge in [0, 0.05) is 15.6 Å². The average Bonchev–Trinajstić information content (AvgIpc) is 2.93. The number of carbonyl (C=O) groups is 2. The van der Waals surface area contributed by atoms with E-state index in [0.717, 1.165) is 0 Å². The maximum atomic E-state index is 11.9. The highest BCUT2D eigenvalue weighted by atomic mass is 35.5. The van der Waals surface area contributed by atoms with Gasteiger partial charge in [0.25, 0.3) is 0 Å². The van der Waals surface area contributed by atoms with Crippen molar-refractivity contribution < 1.29 is 19.1 Å². The van der Waals surface area contributed by atoms with Crippen LogP contribution in [-0.4, -0.2) is 41.2 Å². The van der Waals surface area contributed by atoms with Gasteiger partial charge in [-0.3, -0.25) is 0 Å². The summed E-state index contributed by atoms with van der Waals surface area (Å²) in [6.45, 7) is 0.0485. The summed E-state index contributed by atoms with van der Waals surface area (Å²) in [5.74, 6) is -1.56. The summed E-state index contributed by atoms with van der Waals surface area (Å²) in [7, 11) is 2.36. The Morgan fingerprint density at radius 1 is 1.14 bits per heavy atom. The molecule has 0 fully saturated rings. The summed E-state index contributed by atoms with van der Waals surface area (Å²) < 4.78 is 10.4. The molecule has 0 spiro atoms. The van der Waals surface area contributed by atoms with Crippen molar-refractivity contribution in [1.82, 2.24) is 15.0 Å². The van der Waals surface area contributed by atoms with E-state index in [1.807, 2.05) is 0 Å². The third kappa shape index (κ3) is 3.05. The minimum Gasteiger partial charge on any atom is -0.464 e. The van der Waals surface area contributed by atoms with Crippen LogP contribution in [0.5, 0.6) is 0 Å². The molecule has 22 heavy (non-hydrogen) atoms. The molecular weight excluding hydrogens is 333 g/mol. The SMILES string of the molecule is COC(=O)c1nnn(Cc2c(Cl)cccc2Cl)c1C(=O)OC. The first-order valence-electron chi connectivity index (χ1n) is 6.02. The molecule has 0 saturated carbocycles. The molecule has 0 saturated heterocycles. The van der Waals surface area contributed by atoms with Crippen LogP contribution < -0.4 is 0 Å². The monoisotopic (exact) mass is 343 g/mol. The van der Waals surface area contributed by atoms with E-state index < -0.39 is 11.9 Å². The third-order valence-corrected chi connectivity index (χ3v) is 3.57. The number of esters is 2. The minimum atomic E-state index is -0.795. The molecule has 1 aromatic heterocycles. The summed E-state index contributed by atoms with van der Waals surface area (Å²) in [6, 6.07) is 4.99. The van der Waals surface area contributed by atoms with Crippen molar-refractivity contribution in [1.29, 1.82) is 0 Å². The number of nitrogens with zero attached hydrogens (tertiary/aromatic N) is 3. The number of aromatic nitrogens is 3. The Bertz CT molecular complexity index is 710. The molecule has 9 heteroatoms. The number of hydrogen-bond donors (Lipinski definition) is 0. The molecular formula is C13H11Cl2N3O4. The van der Waals surface area contributed by atoms with E-state index in [-0.39, 0.29) is 17.9 Å². The fraction of sp³-hybridized carbons (Fsp3) is 0.231. The van der Waals surface area contributed by atoms with Gasteiger partial charge < -0.3 is 9.47 Å². The number of methoxy groups -OCH3 is 2. The topological polar surface area (TPSA) is 83.3 Å². The second kappa shape index (κ2) is 6.76. The van der Waals surface area contributed by atoms with Crippen LogP contribution in [0.1, 0.15) is 26.5 Å². The molecule has 0 atom stereocenters. The van der Waals surface area contributed by atoms with Crippen LogP contribution in [-0.2, 0) is 16.0 Å². The molecule has 0 aliphatic carbocycles. The predicted molar refractivity (Wildman–Crippen MR) is 78.3 cm³/mol. The van der Waals surface area contributed by atoms with Crippen LogP contribution in [0.25, 0.3) is 0 Å². The highest BCUT2D eigenvalue weighted by Crippen LogP contribution is 2.25. The molecule has 2 aromatic rings. The highest BCUT2D eigenvalue weighted by molar-refractivity contribution is 6.36. The van der Waals surface area contributed by atoms with Gasteiger partial charge in [-0.2, -0.15) is 0 Å². The lowest BCUT2D eigenvalue weighted by atomic mass is 10.2. The van der Waals surface area contributed by atoms with E-state index in [1.165, 1.54) is 18.9 Å². The first-order chi connectivity index (χ1) is 10.5. The number of benzene rings is 1. The van der Waals surface area contributed by atoms with Crippen LogP contribution in [0.15, 0.2) is 18.2 Å². The summed E-state index contributed by atoms with van der Waals surface area (Å²) in [5.41, 5.74) is 0.167. The molecule has 0 N–H and O–H groups in total. The quantitative estimate of drug-likeness (QED) is 0.791. The van der Waals surface area contributed by atoms with Crippen molar-refractivity contribution in [3.8, 4) is 0 Å². The van der Waals surface area contributed by atoms with Crippen molar-refractivity contribution in [2.45, 2.75) is 6.54 Å². The van der Waals surface area contributed by atoms with Crippen LogP contribution in [0.4, 0.5) is 0 Å². The van der Waals surface area contributed by atoms with Crippen molar-refractivity contribution in [3.63, 3.8) is 0 Å². The summed E-state index contributed by atoms with van der Waals surface area (Å²) in [5, 5.41) is 8.24. The number of halogens is 2. The second-order valence-electron chi connectivity index (χ2n) is 4.13. The molecule has 7 nitrogen and oxygen atoms in total. The molecule has 0 radical (unpaired) electrons.